The Morgan fingerprint density at radius 1 is 1.35 bits per heavy atom. The van der Waals surface area contributed by atoms with Gasteiger partial charge in [-0.05, 0) is 37.1 Å². The molecule has 1 aromatic carbocycles. The first-order valence-corrected chi connectivity index (χ1v) is 8.65. The number of hydrogen-bond donors (Lipinski definition) is 2. The molecule has 1 fully saturated rings. The number of nitrogens with zero attached hydrogens (tertiary/aromatic N) is 2. The van der Waals surface area contributed by atoms with Crippen molar-refractivity contribution in [3.05, 3.63) is 58.1 Å². The molecule has 3 aromatic rings. The van der Waals surface area contributed by atoms with Gasteiger partial charge >= 0.3 is 0 Å². The van der Waals surface area contributed by atoms with E-state index in [1.54, 1.807) is 36.4 Å². The van der Waals surface area contributed by atoms with Crippen molar-refractivity contribution in [1.29, 1.82) is 0 Å². The minimum atomic E-state index is -0.272. The normalized spacial score (nSPS) is 17.4. The van der Waals surface area contributed by atoms with Gasteiger partial charge in [0, 0.05) is 48.0 Å². The highest BCUT2D eigenvalue weighted by atomic mass is 16.5. The average molecular weight is 352 g/mol. The second-order valence-electron chi connectivity index (χ2n) is 6.55. The first-order chi connectivity index (χ1) is 12.7. The van der Waals surface area contributed by atoms with Gasteiger partial charge in [-0.25, -0.2) is 0 Å². The van der Waals surface area contributed by atoms with Crippen molar-refractivity contribution in [1.82, 2.24) is 20.1 Å². The Hall–Kier alpha value is -3.09. The highest BCUT2D eigenvalue weighted by molar-refractivity contribution is 5.97. The van der Waals surface area contributed by atoms with Gasteiger partial charge in [-0.3, -0.25) is 14.7 Å². The van der Waals surface area contributed by atoms with Crippen LogP contribution in [0.3, 0.4) is 0 Å². The number of nitrogens with one attached hydrogen (secondary N) is 2. The summed E-state index contributed by atoms with van der Waals surface area (Å²) in [5.41, 5.74) is 1.60. The molecule has 7 nitrogen and oxygen atoms in total. The molecule has 26 heavy (non-hydrogen) atoms. The van der Waals surface area contributed by atoms with Crippen LogP contribution in [0.15, 0.2) is 41.5 Å². The van der Waals surface area contributed by atoms with E-state index in [1.165, 1.54) is 6.20 Å². The second kappa shape index (κ2) is 6.67. The molecule has 1 saturated heterocycles. The van der Waals surface area contributed by atoms with Crippen molar-refractivity contribution < 1.29 is 9.53 Å². The molecule has 134 valence electrons. The molecule has 2 aromatic heterocycles. The predicted molar refractivity (Wildman–Crippen MR) is 97.6 cm³/mol. The van der Waals surface area contributed by atoms with Crippen molar-refractivity contribution in [3.8, 4) is 5.75 Å². The number of amides is 1. The number of aromatic amines is 2. The number of aromatic nitrogens is 3. The Morgan fingerprint density at radius 2 is 2.23 bits per heavy atom. The maximum atomic E-state index is 13.0. The van der Waals surface area contributed by atoms with E-state index >= 15 is 0 Å². The Morgan fingerprint density at radius 3 is 3.00 bits per heavy atom. The molecule has 3 heterocycles. The lowest BCUT2D eigenvalue weighted by Crippen LogP contribution is -2.41. The molecule has 0 bridgehead atoms. The number of rotatable bonds is 3. The van der Waals surface area contributed by atoms with Crippen molar-refractivity contribution in [2.75, 3.05) is 20.2 Å². The molecular formula is C19H20N4O3. The molecule has 0 aliphatic carbocycles. The van der Waals surface area contributed by atoms with Crippen LogP contribution in [0.1, 0.15) is 34.8 Å². The summed E-state index contributed by atoms with van der Waals surface area (Å²) in [6.07, 6.45) is 5.13. The maximum absolute atomic E-state index is 13.0. The van der Waals surface area contributed by atoms with Crippen LogP contribution in [-0.2, 0) is 0 Å². The van der Waals surface area contributed by atoms with Crippen molar-refractivity contribution in [2.45, 2.75) is 18.8 Å². The van der Waals surface area contributed by atoms with Crippen LogP contribution in [0, 0.1) is 0 Å². The van der Waals surface area contributed by atoms with E-state index < -0.39 is 0 Å². The molecule has 2 N–H and O–H groups in total. The molecule has 1 amide bonds. The van der Waals surface area contributed by atoms with Gasteiger partial charge in [-0.1, -0.05) is 0 Å². The number of piperidine rings is 1. The van der Waals surface area contributed by atoms with Crippen LogP contribution >= 0.6 is 0 Å². The van der Waals surface area contributed by atoms with Crippen LogP contribution in [-0.4, -0.2) is 46.2 Å². The Bertz CT molecular complexity index is 994. The highest BCUT2D eigenvalue weighted by Crippen LogP contribution is 2.26. The van der Waals surface area contributed by atoms with Gasteiger partial charge in [0.25, 0.3) is 5.91 Å². The number of likely N-dealkylation sites (tertiary alicyclic amines) is 1. The summed E-state index contributed by atoms with van der Waals surface area (Å²) in [6, 6.07) is 7.15. The molecule has 4 rings (SSSR count). The minimum absolute atomic E-state index is 0.163. The zero-order valence-corrected chi connectivity index (χ0v) is 14.5. The molecule has 1 atom stereocenters. The van der Waals surface area contributed by atoms with Crippen LogP contribution in [0.5, 0.6) is 5.75 Å². The first kappa shape index (κ1) is 16.4. The molecule has 7 heteroatoms. The number of ether oxygens (including phenoxy) is 1. The average Bonchev–Trinajstić information content (AvgIpc) is 3.23. The summed E-state index contributed by atoms with van der Waals surface area (Å²) in [5.74, 6) is 0.569. The van der Waals surface area contributed by atoms with Crippen LogP contribution in [0.25, 0.3) is 10.9 Å². The maximum Gasteiger partial charge on any atom is 0.259 e. The van der Waals surface area contributed by atoms with Crippen LogP contribution < -0.4 is 10.2 Å². The third kappa shape index (κ3) is 2.85. The summed E-state index contributed by atoms with van der Waals surface area (Å²) in [7, 11) is 1.55. The summed E-state index contributed by atoms with van der Waals surface area (Å²) in [6.45, 7) is 1.23. The largest absolute Gasteiger partial charge is 0.497 e. The summed E-state index contributed by atoms with van der Waals surface area (Å²) >= 11 is 0. The van der Waals surface area contributed by atoms with Crippen molar-refractivity contribution in [2.24, 2.45) is 0 Å². The summed E-state index contributed by atoms with van der Waals surface area (Å²) in [5, 5.41) is 7.44. The number of H-pyrrole nitrogens is 2. The lowest BCUT2D eigenvalue weighted by molar-refractivity contribution is 0.0704. The van der Waals surface area contributed by atoms with E-state index in [1.807, 2.05) is 6.07 Å². The van der Waals surface area contributed by atoms with Gasteiger partial charge in [0.15, 0.2) is 0 Å². The lowest BCUT2D eigenvalue weighted by Gasteiger charge is -2.32. The molecule has 1 aliphatic rings. The summed E-state index contributed by atoms with van der Waals surface area (Å²) < 4.78 is 5.19. The minimum Gasteiger partial charge on any atom is -0.497 e. The van der Waals surface area contributed by atoms with Crippen LogP contribution in [0.2, 0.25) is 0 Å². The first-order valence-electron chi connectivity index (χ1n) is 8.65. The molecule has 0 unspecified atom stereocenters. The number of hydrogen-bond acceptors (Lipinski definition) is 4. The molecule has 0 spiro atoms. The van der Waals surface area contributed by atoms with Crippen molar-refractivity contribution in [3.63, 3.8) is 0 Å². The third-order valence-electron chi connectivity index (χ3n) is 4.99. The number of fused-ring (bicyclic) bond motifs is 1. The van der Waals surface area contributed by atoms with Gasteiger partial charge in [-0.15, -0.1) is 0 Å². The number of methoxy groups -OCH3 is 1. The van der Waals surface area contributed by atoms with Gasteiger partial charge < -0.3 is 14.6 Å². The highest BCUT2D eigenvalue weighted by Gasteiger charge is 2.27. The van der Waals surface area contributed by atoms with E-state index in [-0.39, 0.29) is 22.8 Å². The third-order valence-corrected chi connectivity index (χ3v) is 4.99. The Labute approximate surface area is 150 Å². The van der Waals surface area contributed by atoms with Gasteiger partial charge in [0.2, 0.25) is 5.43 Å². The molecule has 0 saturated carbocycles. The molecular weight excluding hydrogens is 332 g/mol. The smallest absolute Gasteiger partial charge is 0.259 e. The predicted octanol–water partition coefficient (Wildman–Crippen LogP) is 2.28. The van der Waals surface area contributed by atoms with E-state index in [9.17, 15) is 9.59 Å². The fourth-order valence-corrected chi connectivity index (χ4v) is 3.56. The summed E-state index contributed by atoms with van der Waals surface area (Å²) in [4.78, 5) is 30.6. The van der Waals surface area contributed by atoms with E-state index in [2.05, 4.69) is 15.2 Å². The number of carbonyl (C=O) groups excluding carboxylic acids is 1. The number of carbonyl (C=O) groups is 1. The lowest BCUT2D eigenvalue weighted by atomic mass is 9.94. The fourth-order valence-electron chi connectivity index (χ4n) is 3.56. The molecule has 1 aliphatic heterocycles. The van der Waals surface area contributed by atoms with Gasteiger partial charge in [0.05, 0.1) is 7.11 Å². The quantitative estimate of drug-likeness (QED) is 0.756. The Kier molecular flexibility index (Phi) is 4.20. The number of pyridine rings is 1. The zero-order valence-electron chi connectivity index (χ0n) is 14.5. The topological polar surface area (TPSA) is 91.1 Å². The zero-order chi connectivity index (χ0) is 18.1. The van der Waals surface area contributed by atoms with E-state index in [0.29, 0.717) is 29.7 Å². The van der Waals surface area contributed by atoms with E-state index in [4.69, 9.17) is 4.74 Å². The monoisotopic (exact) mass is 352 g/mol. The molecule has 0 radical (unpaired) electrons. The SMILES string of the molecule is COc1ccc2[nH]cc(C(=O)N3CCC[C@H](c4ccn[nH]4)C3)c(=O)c2c1. The second-order valence-corrected chi connectivity index (χ2v) is 6.55. The fraction of sp³-hybridized carbons (Fsp3) is 0.316. The van der Waals surface area contributed by atoms with Gasteiger partial charge in [-0.2, -0.15) is 5.10 Å². The van der Waals surface area contributed by atoms with Gasteiger partial charge in [0.1, 0.15) is 11.3 Å². The van der Waals surface area contributed by atoms with Crippen LogP contribution in [0.4, 0.5) is 0 Å². The van der Waals surface area contributed by atoms with Crippen molar-refractivity contribution >= 4 is 16.8 Å². The number of benzene rings is 1. The Balaban J connectivity index is 1.65. The standard InChI is InChI=1S/C19H20N4O3/c1-26-13-4-5-17-14(9-13)18(24)15(10-20-17)19(25)23-8-2-3-12(11-23)16-6-7-21-22-16/h4-7,9-10,12H,2-3,8,11H2,1H3,(H,20,24)(H,21,22)/t12-/m0/s1. The van der Waals surface area contributed by atoms with E-state index in [0.717, 1.165) is 18.5 Å².